The van der Waals surface area contributed by atoms with Gasteiger partial charge in [0.15, 0.2) is 0 Å². The normalized spacial score (nSPS) is 12.2. The second-order valence-corrected chi connectivity index (χ2v) is 12.2. The van der Waals surface area contributed by atoms with Gasteiger partial charge in [0.2, 0.25) is 0 Å². The van der Waals surface area contributed by atoms with Crippen LogP contribution in [0.4, 0.5) is 0 Å². The van der Waals surface area contributed by atoms with Crippen molar-refractivity contribution < 1.29 is 0 Å². The van der Waals surface area contributed by atoms with Gasteiger partial charge in [0, 0.05) is 23.4 Å². The first-order valence-corrected chi connectivity index (χ1v) is 16.6. The van der Waals surface area contributed by atoms with Crippen molar-refractivity contribution in [3.05, 3.63) is 193 Å². The van der Waals surface area contributed by atoms with Gasteiger partial charge < -0.3 is 15.7 Å². The molecule has 0 unspecified atom stereocenters. The van der Waals surface area contributed by atoms with Crippen LogP contribution in [0.5, 0.6) is 0 Å². The van der Waals surface area contributed by atoms with E-state index in [-0.39, 0.29) is 0 Å². The van der Waals surface area contributed by atoms with Crippen molar-refractivity contribution in [2.75, 3.05) is 0 Å². The maximum atomic E-state index is 8.02. The highest BCUT2D eigenvalue weighted by Crippen LogP contribution is 2.41. The number of hydrogen-bond acceptors (Lipinski definition) is 2. The van der Waals surface area contributed by atoms with E-state index in [1.165, 1.54) is 11.8 Å². The third kappa shape index (κ3) is 5.80. The number of benzene rings is 5. The third-order valence-corrected chi connectivity index (χ3v) is 9.54. The van der Waals surface area contributed by atoms with E-state index in [0.29, 0.717) is 0 Å². The third-order valence-electron chi connectivity index (χ3n) is 9.54. The number of nitrogens with zero attached hydrogens (tertiary/aromatic N) is 1. The lowest BCUT2D eigenvalue weighted by atomic mass is 9.90. The van der Waals surface area contributed by atoms with E-state index in [0.717, 1.165) is 88.7 Å². The lowest BCUT2D eigenvalue weighted by Crippen LogP contribution is -2.03. The van der Waals surface area contributed by atoms with E-state index in [1.54, 1.807) is 18.4 Å². The lowest BCUT2D eigenvalue weighted by molar-refractivity contribution is 1.07. The molecule has 5 aromatic carbocycles. The number of aromatic nitrogens is 1. The topological polar surface area (TPSA) is 54.8 Å². The molecule has 244 valence electrons. The Bertz CT molecular complexity index is 2440. The summed E-state index contributed by atoms with van der Waals surface area (Å²) in [6.07, 6.45) is 14.2. The van der Waals surface area contributed by atoms with Gasteiger partial charge in [-0.25, -0.2) is 0 Å². The number of rotatable bonds is 11. The smallest absolute Gasteiger partial charge is 0.0572 e. The van der Waals surface area contributed by atoms with E-state index in [9.17, 15) is 0 Å². The summed E-state index contributed by atoms with van der Waals surface area (Å²) in [5.74, 6) is 0. The predicted molar refractivity (Wildman–Crippen MR) is 219 cm³/mol. The average molecular weight is 648 g/mol. The van der Waals surface area contributed by atoms with E-state index < -0.39 is 0 Å². The average Bonchev–Trinajstić information content (AvgIpc) is 3.40. The number of allylic oxidation sites excluding steroid dienone is 7. The Labute approximate surface area is 295 Å². The molecule has 0 aliphatic carbocycles. The number of nitrogens with one attached hydrogen (secondary N) is 1. The molecule has 0 spiro atoms. The minimum absolute atomic E-state index is 0.811. The molecule has 0 bridgehead atoms. The summed E-state index contributed by atoms with van der Waals surface area (Å²) in [5.41, 5.74) is 19.4. The number of hydrogen-bond donors (Lipinski definition) is 2. The number of fused-ring (bicyclic) bond motifs is 2. The molecule has 3 heteroatoms. The summed E-state index contributed by atoms with van der Waals surface area (Å²) in [6, 6.07) is 34.2. The van der Waals surface area contributed by atoms with Gasteiger partial charge in [-0.1, -0.05) is 142 Å². The van der Waals surface area contributed by atoms with Gasteiger partial charge in [0.25, 0.3) is 0 Å². The molecule has 1 aromatic heterocycles. The Balaban J connectivity index is 1.64. The predicted octanol–water partition coefficient (Wildman–Crippen LogP) is 12.2. The van der Waals surface area contributed by atoms with Crippen molar-refractivity contribution in [1.82, 2.24) is 4.57 Å². The van der Waals surface area contributed by atoms with E-state index in [2.05, 4.69) is 142 Å². The first-order chi connectivity index (χ1) is 24.4. The van der Waals surface area contributed by atoms with E-state index in [1.807, 2.05) is 24.3 Å². The van der Waals surface area contributed by atoms with Crippen molar-refractivity contribution in [1.29, 1.82) is 5.41 Å². The van der Waals surface area contributed by atoms with E-state index >= 15 is 0 Å². The SMILES string of the molecule is C=C/C=C(\C=N)c1ccc(-c2ccc(-c3c(C)c(C)c(/C=C(C=C)/C(C=C)=C/N)n3-c3cccc4ccccc34)c(C=C)c2)c2ccccc12. The fourth-order valence-corrected chi connectivity index (χ4v) is 6.92. The van der Waals surface area contributed by atoms with Crippen LogP contribution in [0.15, 0.2) is 165 Å². The van der Waals surface area contributed by atoms with Crippen molar-refractivity contribution in [2.24, 2.45) is 5.73 Å². The van der Waals surface area contributed by atoms with Crippen LogP contribution in [-0.2, 0) is 0 Å². The Kier molecular flexibility index (Phi) is 9.60. The van der Waals surface area contributed by atoms with E-state index in [4.69, 9.17) is 11.1 Å². The van der Waals surface area contributed by atoms with Gasteiger partial charge in [-0.05, 0) is 98.3 Å². The molecule has 6 rings (SSSR count). The largest absolute Gasteiger partial charge is 0.404 e. The Hall–Kier alpha value is -6.45. The fraction of sp³-hybridized carbons (Fsp3) is 0.0426. The first kappa shape index (κ1) is 33.5. The Morgan fingerprint density at radius 2 is 1.40 bits per heavy atom. The molecule has 6 aromatic rings. The quantitative estimate of drug-likeness (QED) is 0.107. The lowest BCUT2D eigenvalue weighted by Gasteiger charge is -2.19. The number of nitrogens with two attached hydrogens (primary N) is 1. The molecule has 1 heterocycles. The van der Waals surface area contributed by atoms with Gasteiger partial charge in [-0.3, -0.25) is 0 Å². The molecule has 0 radical (unpaired) electrons. The molecule has 0 saturated carbocycles. The fourth-order valence-electron chi connectivity index (χ4n) is 6.92. The van der Waals surface area contributed by atoms with Crippen LogP contribution in [0, 0.1) is 19.3 Å². The molecular formula is C47H41N3. The van der Waals surface area contributed by atoms with Crippen molar-refractivity contribution in [2.45, 2.75) is 13.8 Å². The van der Waals surface area contributed by atoms with Crippen LogP contribution in [-0.4, -0.2) is 10.8 Å². The molecule has 0 amide bonds. The monoisotopic (exact) mass is 647 g/mol. The standard InChI is InChI=1S/C47H41N3/c1-7-16-38(30-49)40-26-25-39(43-20-13-14-21-44(40)43)37-23-24-42(34(9-3)27-37)47-32(6)31(5)46(28-33(8-2)35(10-4)29-48)50(47)45-22-15-18-36-17-11-12-19-41(36)45/h7-30,49H,1-4,48H2,5-6H3/b33-28+,35-29+,38-16+,49-30?. The highest BCUT2D eigenvalue weighted by Gasteiger charge is 2.23. The van der Waals surface area contributed by atoms with Crippen molar-refractivity contribution >= 4 is 45.5 Å². The minimum atomic E-state index is 0.811. The Morgan fingerprint density at radius 3 is 2.08 bits per heavy atom. The van der Waals surface area contributed by atoms with Crippen LogP contribution in [0.2, 0.25) is 0 Å². The molecule has 0 fully saturated rings. The zero-order chi connectivity index (χ0) is 35.4. The van der Waals surface area contributed by atoms with Crippen LogP contribution in [0.3, 0.4) is 0 Å². The van der Waals surface area contributed by atoms with Gasteiger partial charge >= 0.3 is 0 Å². The maximum absolute atomic E-state index is 8.02. The highest BCUT2D eigenvalue weighted by atomic mass is 15.0. The van der Waals surface area contributed by atoms with Crippen molar-refractivity contribution in [3.8, 4) is 28.1 Å². The second kappa shape index (κ2) is 14.3. The van der Waals surface area contributed by atoms with Crippen molar-refractivity contribution in [3.63, 3.8) is 0 Å². The summed E-state index contributed by atoms with van der Waals surface area (Å²) in [5, 5.41) is 12.5. The summed E-state index contributed by atoms with van der Waals surface area (Å²) >= 11 is 0. The van der Waals surface area contributed by atoms with Gasteiger partial charge in [0.1, 0.15) is 0 Å². The minimum Gasteiger partial charge on any atom is -0.404 e. The maximum Gasteiger partial charge on any atom is 0.0572 e. The zero-order valence-corrected chi connectivity index (χ0v) is 28.7. The van der Waals surface area contributed by atoms with Gasteiger partial charge in [0.05, 0.1) is 17.1 Å². The molecule has 3 N–H and O–H groups in total. The Morgan fingerprint density at radius 1 is 0.720 bits per heavy atom. The van der Waals surface area contributed by atoms with Crippen LogP contribution in [0.25, 0.3) is 67.3 Å². The zero-order valence-electron chi connectivity index (χ0n) is 28.7. The molecular weight excluding hydrogens is 607 g/mol. The van der Waals surface area contributed by atoms with Gasteiger partial charge in [-0.2, -0.15) is 0 Å². The van der Waals surface area contributed by atoms with Crippen LogP contribution in [0.1, 0.15) is 27.9 Å². The molecule has 0 saturated heterocycles. The molecule has 0 aliphatic heterocycles. The molecule has 0 atom stereocenters. The first-order valence-electron chi connectivity index (χ1n) is 16.6. The summed E-state index contributed by atoms with van der Waals surface area (Å²) in [4.78, 5) is 0. The highest BCUT2D eigenvalue weighted by molar-refractivity contribution is 6.16. The summed E-state index contributed by atoms with van der Waals surface area (Å²) in [6.45, 7) is 20.6. The van der Waals surface area contributed by atoms with Crippen LogP contribution < -0.4 is 5.73 Å². The second-order valence-electron chi connectivity index (χ2n) is 12.2. The van der Waals surface area contributed by atoms with Gasteiger partial charge in [-0.15, -0.1) is 0 Å². The summed E-state index contributed by atoms with van der Waals surface area (Å²) in [7, 11) is 0. The summed E-state index contributed by atoms with van der Waals surface area (Å²) < 4.78 is 2.37. The molecule has 3 nitrogen and oxygen atoms in total. The van der Waals surface area contributed by atoms with Crippen LogP contribution >= 0.6 is 0 Å². The molecule has 50 heavy (non-hydrogen) atoms. The molecule has 0 aliphatic rings.